The number of unbranched alkanes of at least 4 members (excludes halogenated alkanes) is 15. The fourth-order valence-electron chi connectivity index (χ4n) is 4.90. The zero-order valence-electron chi connectivity index (χ0n) is 25.4. The lowest BCUT2D eigenvalue weighted by atomic mass is 9.99. The first-order valence-corrected chi connectivity index (χ1v) is 16.1. The number of aliphatic hydroxyl groups excluding tert-OH is 4. The zero-order chi connectivity index (χ0) is 29.4. The maximum absolute atomic E-state index is 12.5. The molecular formula is C31H60O9. The van der Waals surface area contributed by atoms with E-state index in [0.29, 0.717) is 13.0 Å². The van der Waals surface area contributed by atoms with Crippen LogP contribution in [0.15, 0.2) is 0 Å². The summed E-state index contributed by atoms with van der Waals surface area (Å²) < 4.78 is 22.5. The second-order valence-corrected chi connectivity index (χ2v) is 11.3. The Bertz CT molecular complexity index is 589. The molecule has 0 saturated carbocycles. The van der Waals surface area contributed by atoms with Crippen LogP contribution in [0.1, 0.15) is 129 Å². The smallest absolute Gasteiger partial charge is 0.306 e. The van der Waals surface area contributed by atoms with Gasteiger partial charge in [-0.1, -0.05) is 110 Å². The van der Waals surface area contributed by atoms with Crippen LogP contribution in [0.2, 0.25) is 0 Å². The number of ether oxygens (including phenoxy) is 4. The molecular weight excluding hydrogens is 516 g/mol. The molecule has 6 atom stereocenters. The van der Waals surface area contributed by atoms with Crippen molar-refractivity contribution in [3.05, 3.63) is 0 Å². The number of carbonyl (C=O) groups is 1. The summed E-state index contributed by atoms with van der Waals surface area (Å²) in [7, 11) is 0. The van der Waals surface area contributed by atoms with Crippen LogP contribution >= 0.6 is 0 Å². The minimum absolute atomic E-state index is 0.108. The van der Waals surface area contributed by atoms with Crippen LogP contribution < -0.4 is 0 Å². The van der Waals surface area contributed by atoms with Gasteiger partial charge in [0, 0.05) is 13.0 Å². The van der Waals surface area contributed by atoms with Crippen molar-refractivity contribution < 1.29 is 44.2 Å². The van der Waals surface area contributed by atoms with E-state index < -0.39 is 43.4 Å². The molecule has 1 heterocycles. The van der Waals surface area contributed by atoms with Crippen LogP contribution in [0.25, 0.3) is 0 Å². The van der Waals surface area contributed by atoms with Gasteiger partial charge in [-0.25, -0.2) is 0 Å². The normalized spacial score (nSPS) is 23.8. The van der Waals surface area contributed by atoms with Gasteiger partial charge in [0.25, 0.3) is 0 Å². The lowest BCUT2D eigenvalue weighted by Crippen LogP contribution is -2.59. The number of aliphatic hydroxyl groups is 4. The number of rotatable bonds is 26. The third-order valence-corrected chi connectivity index (χ3v) is 7.52. The van der Waals surface area contributed by atoms with Gasteiger partial charge >= 0.3 is 5.97 Å². The van der Waals surface area contributed by atoms with Crippen LogP contribution in [-0.2, 0) is 23.7 Å². The van der Waals surface area contributed by atoms with Gasteiger partial charge in [0.1, 0.15) is 30.5 Å². The standard InChI is InChI=1S/C31H60O9/c1-3-5-7-9-11-12-13-14-16-18-20-27(33)39-25(23-37-21-19-17-15-10-8-6-4-2)24-38-31-30(36)29(35)28(34)26(22-32)40-31/h25-26,28-32,34-36H,3-24H2,1-2H3. The van der Waals surface area contributed by atoms with E-state index in [9.17, 15) is 25.2 Å². The van der Waals surface area contributed by atoms with Crippen molar-refractivity contribution in [2.45, 2.75) is 166 Å². The Balaban J connectivity index is 2.40. The lowest BCUT2D eigenvalue weighted by Gasteiger charge is -2.39. The monoisotopic (exact) mass is 576 g/mol. The second kappa shape index (κ2) is 24.8. The first kappa shape index (κ1) is 37.2. The molecule has 0 amide bonds. The van der Waals surface area contributed by atoms with E-state index in [1.807, 2.05) is 0 Å². The molecule has 4 N–H and O–H groups in total. The van der Waals surface area contributed by atoms with E-state index in [-0.39, 0.29) is 19.2 Å². The second-order valence-electron chi connectivity index (χ2n) is 11.3. The molecule has 40 heavy (non-hydrogen) atoms. The molecule has 0 aromatic rings. The highest BCUT2D eigenvalue weighted by Crippen LogP contribution is 2.22. The van der Waals surface area contributed by atoms with Gasteiger partial charge in [-0.3, -0.25) is 4.79 Å². The fraction of sp³-hybridized carbons (Fsp3) is 0.968. The molecule has 1 rings (SSSR count). The summed E-state index contributed by atoms with van der Waals surface area (Å²) in [6, 6.07) is 0. The third kappa shape index (κ3) is 17.2. The number of hydrogen-bond acceptors (Lipinski definition) is 9. The van der Waals surface area contributed by atoms with Gasteiger partial charge in [0.15, 0.2) is 6.29 Å². The van der Waals surface area contributed by atoms with Crippen molar-refractivity contribution in [1.82, 2.24) is 0 Å². The highest BCUT2D eigenvalue weighted by molar-refractivity contribution is 5.69. The molecule has 238 valence electrons. The highest BCUT2D eigenvalue weighted by atomic mass is 16.7. The predicted molar refractivity (Wildman–Crippen MR) is 155 cm³/mol. The molecule has 1 aliphatic rings. The first-order chi connectivity index (χ1) is 19.4. The quantitative estimate of drug-likeness (QED) is 0.0846. The predicted octanol–water partition coefficient (Wildman–Crippen LogP) is 4.79. The molecule has 9 heteroatoms. The Kier molecular flexibility index (Phi) is 23.0. The van der Waals surface area contributed by atoms with Crippen LogP contribution in [0.3, 0.4) is 0 Å². The topological polar surface area (TPSA) is 135 Å². The summed E-state index contributed by atoms with van der Waals surface area (Å²) in [5.74, 6) is -0.318. The van der Waals surface area contributed by atoms with Crippen LogP contribution in [0.5, 0.6) is 0 Å². The Morgan fingerprint density at radius 1 is 0.700 bits per heavy atom. The molecule has 0 aromatic carbocycles. The number of hydrogen-bond donors (Lipinski definition) is 4. The molecule has 9 nitrogen and oxygen atoms in total. The first-order valence-electron chi connectivity index (χ1n) is 16.1. The molecule has 0 aliphatic carbocycles. The van der Waals surface area contributed by atoms with Crippen molar-refractivity contribution in [2.75, 3.05) is 26.4 Å². The maximum atomic E-state index is 12.5. The largest absolute Gasteiger partial charge is 0.457 e. The summed E-state index contributed by atoms with van der Waals surface area (Å²) >= 11 is 0. The molecule has 0 radical (unpaired) electrons. The van der Waals surface area contributed by atoms with Gasteiger partial charge in [0.2, 0.25) is 0 Å². The minimum atomic E-state index is -1.53. The van der Waals surface area contributed by atoms with Crippen molar-refractivity contribution in [1.29, 1.82) is 0 Å². The molecule has 1 aliphatic heterocycles. The van der Waals surface area contributed by atoms with Crippen molar-refractivity contribution in [3.8, 4) is 0 Å². The fourth-order valence-corrected chi connectivity index (χ4v) is 4.90. The van der Waals surface area contributed by atoms with Gasteiger partial charge < -0.3 is 39.4 Å². The molecule has 0 aromatic heterocycles. The Morgan fingerprint density at radius 2 is 1.23 bits per heavy atom. The molecule has 0 spiro atoms. The van der Waals surface area contributed by atoms with Gasteiger partial charge in [-0.2, -0.15) is 0 Å². The SMILES string of the molecule is CCCCCCCCCCCCC(=O)OC(COCCCCCCCCC)COC1OC(CO)C(O)C(O)C1O. The Morgan fingerprint density at radius 3 is 1.77 bits per heavy atom. The van der Waals surface area contributed by atoms with Gasteiger partial charge in [0.05, 0.1) is 19.8 Å². The van der Waals surface area contributed by atoms with E-state index in [4.69, 9.17) is 18.9 Å². The third-order valence-electron chi connectivity index (χ3n) is 7.52. The highest BCUT2D eigenvalue weighted by Gasteiger charge is 2.44. The average Bonchev–Trinajstić information content (AvgIpc) is 2.95. The summed E-state index contributed by atoms with van der Waals surface area (Å²) in [4.78, 5) is 12.5. The number of carbonyl (C=O) groups excluding carboxylic acids is 1. The van der Waals surface area contributed by atoms with E-state index in [1.54, 1.807) is 0 Å². The van der Waals surface area contributed by atoms with Gasteiger partial charge in [-0.05, 0) is 12.8 Å². The molecule has 1 fully saturated rings. The molecule has 1 saturated heterocycles. The van der Waals surface area contributed by atoms with E-state index in [1.165, 1.54) is 77.0 Å². The summed E-state index contributed by atoms with van der Waals surface area (Å²) in [5, 5.41) is 39.6. The van der Waals surface area contributed by atoms with Crippen molar-refractivity contribution in [3.63, 3.8) is 0 Å². The van der Waals surface area contributed by atoms with Gasteiger partial charge in [-0.15, -0.1) is 0 Å². The Labute approximate surface area is 242 Å². The maximum Gasteiger partial charge on any atom is 0.306 e. The lowest BCUT2D eigenvalue weighted by molar-refractivity contribution is -0.305. The molecule has 6 unspecified atom stereocenters. The summed E-state index contributed by atoms with van der Waals surface area (Å²) in [6.07, 6.45) is 12.9. The number of esters is 1. The summed E-state index contributed by atoms with van der Waals surface area (Å²) in [5.41, 5.74) is 0. The Hall–Kier alpha value is -0.810. The van der Waals surface area contributed by atoms with E-state index >= 15 is 0 Å². The van der Waals surface area contributed by atoms with Crippen molar-refractivity contribution >= 4 is 5.97 Å². The minimum Gasteiger partial charge on any atom is -0.457 e. The average molecular weight is 577 g/mol. The zero-order valence-corrected chi connectivity index (χ0v) is 25.4. The van der Waals surface area contributed by atoms with Crippen LogP contribution in [-0.4, -0.2) is 89.6 Å². The van der Waals surface area contributed by atoms with Crippen LogP contribution in [0.4, 0.5) is 0 Å². The molecule has 0 bridgehead atoms. The van der Waals surface area contributed by atoms with Crippen LogP contribution in [0, 0.1) is 0 Å². The summed E-state index contributed by atoms with van der Waals surface area (Å²) in [6.45, 7) is 4.49. The van der Waals surface area contributed by atoms with Crippen molar-refractivity contribution in [2.24, 2.45) is 0 Å². The van der Waals surface area contributed by atoms with E-state index in [0.717, 1.165) is 32.1 Å². The van der Waals surface area contributed by atoms with E-state index in [2.05, 4.69) is 13.8 Å².